The van der Waals surface area contributed by atoms with Crippen LogP contribution in [-0.4, -0.2) is 41.9 Å². The molecule has 2 unspecified atom stereocenters. The van der Waals surface area contributed by atoms with E-state index in [0.29, 0.717) is 0 Å². The molecule has 86 valence electrons. The SMILES string of the molecule is CC1CCC(C)N1C(=O)CNC(=O)CN. The normalized spacial score (nSPS) is 25.4. The molecule has 5 nitrogen and oxygen atoms in total. The standard InChI is InChI=1S/C10H19N3O2/c1-7-3-4-8(2)13(7)10(15)6-12-9(14)5-11/h7-8H,3-6,11H2,1-2H3,(H,12,14). The molecule has 0 radical (unpaired) electrons. The maximum Gasteiger partial charge on any atom is 0.242 e. The number of likely N-dealkylation sites (tertiary alicyclic amines) is 1. The maximum absolute atomic E-state index is 11.8. The lowest BCUT2D eigenvalue weighted by atomic mass is 10.2. The van der Waals surface area contributed by atoms with Crippen LogP contribution in [0, 0.1) is 0 Å². The van der Waals surface area contributed by atoms with Crippen LogP contribution in [-0.2, 0) is 9.59 Å². The molecule has 1 saturated heterocycles. The highest BCUT2D eigenvalue weighted by Crippen LogP contribution is 2.22. The van der Waals surface area contributed by atoms with Crippen molar-refractivity contribution in [1.29, 1.82) is 0 Å². The Morgan fingerprint density at radius 2 is 1.87 bits per heavy atom. The smallest absolute Gasteiger partial charge is 0.242 e. The van der Waals surface area contributed by atoms with E-state index in [1.54, 1.807) is 0 Å². The fraction of sp³-hybridized carbons (Fsp3) is 0.800. The van der Waals surface area contributed by atoms with Gasteiger partial charge in [0.15, 0.2) is 0 Å². The second-order valence-electron chi connectivity index (χ2n) is 4.06. The Morgan fingerprint density at radius 1 is 1.33 bits per heavy atom. The van der Waals surface area contributed by atoms with Crippen molar-refractivity contribution in [2.75, 3.05) is 13.1 Å². The largest absolute Gasteiger partial charge is 0.346 e. The van der Waals surface area contributed by atoms with Crippen molar-refractivity contribution >= 4 is 11.8 Å². The summed E-state index contributed by atoms with van der Waals surface area (Å²) in [5, 5.41) is 2.49. The van der Waals surface area contributed by atoms with E-state index in [4.69, 9.17) is 5.73 Å². The van der Waals surface area contributed by atoms with Crippen LogP contribution in [0.3, 0.4) is 0 Å². The number of hydrogen-bond acceptors (Lipinski definition) is 3. The molecule has 0 aliphatic carbocycles. The van der Waals surface area contributed by atoms with Gasteiger partial charge in [-0.2, -0.15) is 0 Å². The highest BCUT2D eigenvalue weighted by Gasteiger charge is 2.30. The molecule has 0 bridgehead atoms. The molecule has 5 heteroatoms. The van der Waals surface area contributed by atoms with Crippen molar-refractivity contribution in [2.24, 2.45) is 5.73 Å². The quantitative estimate of drug-likeness (QED) is 0.661. The van der Waals surface area contributed by atoms with Crippen molar-refractivity contribution in [1.82, 2.24) is 10.2 Å². The third-order valence-corrected chi connectivity index (χ3v) is 2.86. The summed E-state index contributed by atoms with van der Waals surface area (Å²) >= 11 is 0. The Balaban J connectivity index is 2.42. The van der Waals surface area contributed by atoms with Crippen molar-refractivity contribution < 1.29 is 9.59 Å². The van der Waals surface area contributed by atoms with Crippen LogP contribution in [0.2, 0.25) is 0 Å². The molecule has 1 aliphatic rings. The number of nitrogens with two attached hydrogens (primary N) is 1. The van der Waals surface area contributed by atoms with Crippen LogP contribution in [0.5, 0.6) is 0 Å². The molecule has 0 spiro atoms. The number of amides is 2. The molecule has 3 N–H and O–H groups in total. The van der Waals surface area contributed by atoms with E-state index in [9.17, 15) is 9.59 Å². The first-order chi connectivity index (χ1) is 7.06. The summed E-state index contributed by atoms with van der Waals surface area (Å²) in [6, 6.07) is 0.560. The van der Waals surface area contributed by atoms with Crippen molar-refractivity contribution in [2.45, 2.75) is 38.8 Å². The molecule has 0 saturated carbocycles. The lowest BCUT2D eigenvalue weighted by Crippen LogP contribution is -2.45. The summed E-state index contributed by atoms with van der Waals surface area (Å²) in [6.07, 6.45) is 2.08. The minimum Gasteiger partial charge on any atom is -0.346 e. The zero-order valence-electron chi connectivity index (χ0n) is 9.32. The first kappa shape index (κ1) is 12.0. The van der Waals surface area contributed by atoms with Gasteiger partial charge in [-0.3, -0.25) is 9.59 Å². The van der Waals surface area contributed by atoms with Gasteiger partial charge in [0.2, 0.25) is 11.8 Å². The second-order valence-corrected chi connectivity index (χ2v) is 4.06. The van der Waals surface area contributed by atoms with Gasteiger partial charge >= 0.3 is 0 Å². The first-order valence-electron chi connectivity index (χ1n) is 5.34. The maximum atomic E-state index is 11.8. The van der Waals surface area contributed by atoms with Gasteiger partial charge in [-0.05, 0) is 26.7 Å². The monoisotopic (exact) mass is 213 g/mol. The molecule has 0 aromatic rings. The number of nitrogens with zero attached hydrogens (tertiary/aromatic N) is 1. The van der Waals surface area contributed by atoms with E-state index in [1.165, 1.54) is 0 Å². The average molecular weight is 213 g/mol. The van der Waals surface area contributed by atoms with Crippen LogP contribution in [0.25, 0.3) is 0 Å². The number of carbonyl (C=O) groups is 2. The van der Waals surface area contributed by atoms with Crippen LogP contribution >= 0.6 is 0 Å². The van der Waals surface area contributed by atoms with E-state index in [1.807, 2.05) is 18.7 Å². The van der Waals surface area contributed by atoms with Gasteiger partial charge in [0.05, 0.1) is 13.1 Å². The minimum atomic E-state index is -0.289. The predicted molar refractivity (Wildman–Crippen MR) is 57.1 cm³/mol. The van der Waals surface area contributed by atoms with E-state index < -0.39 is 0 Å². The topological polar surface area (TPSA) is 75.4 Å². The van der Waals surface area contributed by atoms with Gasteiger partial charge < -0.3 is 16.0 Å². The third kappa shape index (κ3) is 2.92. The van der Waals surface area contributed by atoms with Crippen molar-refractivity contribution in [3.8, 4) is 0 Å². The molecular weight excluding hydrogens is 194 g/mol. The molecule has 1 heterocycles. The van der Waals surface area contributed by atoms with Crippen LogP contribution < -0.4 is 11.1 Å². The zero-order valence-corrected chi connectivity index (χ0v) is 9.32. The summed E-state index contributed by atoms with van der Waals surface area (Å²) in [5.74, 6) is -0.308. The Labute approximate surface area is 90.0 Å². The minimum absolute atomic E-state index is 0.0192. The van der Waals surface area contributed by atoms with E-state index >= 15 is 0 Å². The van der Waals surface area contributed by atoms with Crippen LogP contribution in [0.4, 0.5) is 0 Å². The third-order valence-electron chi connectivity index (χ3n) is 2.86. The summed E-state index contributed by atoms with van der Waals surface area (Å²) < 4.78 is 0. The second kappa shape index (κ2) is 5.11. The van der Waals surface area contributed by atoms with Gasteiger partial charge in [-0.25, -0.2) is 0 Å². The molecule has 15 heavy (non-hydrogen) atoms. The predicted octanol–water partition coefficient (Wildman–Crippen LogP) is -0.539. The summed E-state index contributed by atoms with van der Waals surface area (Å²) in [7, 11) is 0. The molecule has 0 aromatic heterocycles. The van der Waals surface area contributed by atoms with E-state index in [2.05, 4.69) is 5.32 Å². The zero-order chi connectivity index (χ0) is 11.4. The highest BCUT2D eigenvalue weighted by molar-refractivity contribution is 5.85. The van der Waals surface area contributed by atoms with Gasteiger partial charge in [-0.15, -0.1) is 0 Å². The van der Waals surface area contributed by atoms with Gasteiger partial charge in [0.1, 0.15) is 0 Å². The molecule has 1 aliphatic heterocycles. The van der Waals surface area contributed by atoms with Crippen LogP contribution in [0.15, 0.2) is 0 Å². The number of hydrogen-bond donors (Lipinski definition) is 2. The Kier molecular flexibility index (Phi) is 4.08. The van der Waals surface area contributed by atoms with E-state index in [-0.39, 0.29) is 37.0 Å². The fourth-order valence-electron chi connectivity index (χ4n) is 2.02. The molecule has 2 atom stereocenters. The first-order valence-corrected chi connectivity index (χ1v) is 5.34. The fourth-order valence-corrected chi connectivity index (χ4v) is 2.02. The Morgan fingerprint density at radius 3 is 2.33 bits per heavy atom. The van der Waals surface area contributed by atoms with E-state index in [0.717, 1.165) is 12.8 Å². The summed E-state index contributed by atoms with van der Waals surface area (Å²) in [5.41, 5.74) is 5.13. The van der Waals surface area contributed by atoms with Crippen molar-refractivity contribution in [3.05, 3.63) is 0 Å². The molecular formula is C10H19N3O2. The summed E-state index contributed by atoms with van der Waals surface area (Å²) in [4.78, 5) is 24.5. The van der Waals surface area contributed by atoms with Crippen LogP contribution in [0.1, 0.15) is 26.7 Å². The van der Waals surface area contributed by atoms with Gasteiger partial charge in [0.25, 0.3) is 0 Å². The van der Waals surface area contributed by atoms with Gasteiger partial charge in [-0.1, -0.05) is 0 Å². The lowest BCUT2D eigenvalue weighted by Gasteiger charge is -2.26. The van der Waals surface area contributed by atoms with Gasteiger partial charge in [0, 0.05) is 12.1 Å². The number of rotatable bonds is 3. The Bertz CT molecular complexity index is 245. The molecule has 0 aromatic carbocycles. The number of carbonyl (C=O) groups excluding carboxylic acids is 2. The highest BCUT2D eigenvalue weighted by atomic mass is 16.2. The molecule has 2 amide bonds. The molecule has 1 fully saturated rings. The van der Waals surface area contributed by atoms with Crippen molar-refractivity contribution in [3.63, 3.8) is 0 Å². The Hall–Kier alpha value is -1.10. The lowest BCUT2D eigenvalue weighted by molar-refractivity contribution is -0.134. The summed E-state index contributed by atoms with van der Waals surface area (Å²) in [6.45, 7) is 4.06. The average Bonchev–Trinajstić information content (AvgIpc) is 2.54. The molecule has 1 rings (SSSR count). The number of nitrogens with one attached hydrogen (secondary N) is 1.